The highest BCUT2D eigenvalue weighted by atomic mass is 16.5. The molecule has 0 amide bonds. The molecule has 2 rings (SSSR count). The van der Waals surface area contributed by atoms with Crippen LogP contribution in [0.4, 0.5) is 0 Å². The van der Waals surface area contributed by atoms with Crippen molar-refractivity contribution in [3.8, 4) is 5.75 Å². The summed E-state index contributed by atoms with van der Waals surface area (Å²) in [5.41, 5.74) is 2.83. The fourth-order valence-electron chi connectivity index (χ4n) is 2.11. The molecule has 0 bridgehead atoms. The standard InChI is InChI=1S/C14H21NO/c1-2-8-15-9-3-4-12-5-6-14-13(11-12)7-10-16-14/h5-6,11,15H,2-4,7-10H2,1H3. The first-order chi connectivity index (χ1) is 7.90. The summed E-state index contributed by atoms with van der Waals surface area (Å²) in [7, 11) is 0. The zero-order valence-electron chi connectivity index (χ0n) is 10.1. The number of aryl methyl sites for hydroxylation is 1. The SMILES string of the molecule is CCCNCCCc1ccc2c(c1)CCO2. The summed E-state index contributed by atoms with van der Waals surface area (Å²) < 4.78 is 5.50. The highest BCUT2D eigenvalue weighted by Crippen LogP contribution is 2.26. The van der Waals surface area contributed by atoms with Crippen molar-refractivity contribution in [2.24, 2.45) is 0 Å². The van der Waals surface area contributed by atoms with Crippen molar-refractivity contribution in [2.75, 3.05) is 19.7 Å². The van der Waals surface area contributed by atoms with E-state index in [-0.39, 0.29) is 0 Å². The lowest BCUT2D eigenvalue weighted by Crippen LogP contribution is -2.16. The average Bonchev–Trinajstić information content (AvgIpc) is 2.76. The van der Waals surface area contributed by atoms with Crippen LogP contribution in [-0.4, -0.2) is 19.7 Å². The van der Waals surface area contributed by atoms with Gasteiger partial charge in [0.2, 0.25) is 0 Å². The highest BCUT2D eigenvalue weighted by Gasteiger charge is 2.11. The topological polar surface area (TPSA) is 21.3 Å². The van der Waals surface area contributed by atoms with E-state index >= 15 is 0 Å². The maximum absolute atomic E-state index is 5.50. The van der Waals surface area contributed by atoms with Crippen LogP contribution in [0.5, 0.6) is 5.75 Å². The van der Waals surface area contributed by atoms with Crippen LogP contribution in [0.3, 0.4) is 0 Å². The number of hydrogen-bond acceptors (Lipinski definition) is 2. The van der Waals surface area contributed by atoms with Gasteiger partial charge in [0.1, 0.15) is 5.75 Å². The van der Waals surface area contributed by atoms with Gasteiger partial charge in [0.15, 0.2) is 0 Å². The molecule has 0 radical (unpaired) electrons. The van der Waals surface area contributed by atoms with Crippen LogP contribution >= 0.6 is 0 Å². The lowest BCUT2D eigenvalue weighted by atomic mass is 10.0. The maximum Gasteiger partial charge on any atom is 0.122 e. The van der Waals surface area contributed by atoms with E-state index in [1.54, 1.807) is 0 Å². The van der Waals surface area contributed by atoms with Crippen LogP contribution in [0.1, 0.15) is 30.9 Å². The van der Waals surface area contributed by atoms with Gasteiger partial charge in [-0.1, -0.05) is 19.1 Å². The van der Waals surface area contributed by atoms with Gasteiger partial charge in [-0.2, -0.15) is 0 Å². The summed E-state index contributed by atoms with van der Waals surface area (Å²) in [6.45, 7) is 5.32. The molecule has 1 aliphatic rings. The van der Waals surface area contributed by atoms with Crippen molar-refractivity contribution in [2.45, 2.75) is 32.6 Å². The molecule has 0 atom stereocenters. The number of nitrogens with one attached hydrogen (secondary N) is 1. The van der Waals surface area contributed by atoms with Gasteiger partial charge in [-0.25, -0.2) is 0 Å². The van der Waals surface area contributed by atoms with Gasteiger partial charge in [0.05, 0.1) is 6.61 Å². The maximum atomic E-state index is 5.50. The molecule has 0 aromatic heterocycles. The predicted molar refractivity (Wildman–Crippen MR) is 67.1 cm³/mol. The van der Waals surface area contributed by atoms with Gasteiger partial charge in [0, 0.05) is 6.42 Å². The summed E-state index contributed by atoms with van der Waals surface area (Å²) in [5.74, 6) is 1.09. The molecule has 0 saturated carbocycles. The molecule has 1 aromatic carbocycles. The van der Waals surface area contributed by atoms with Gasteiger partial charge in [-0.05, 0) is 49.5 Å². The van der Waals surface area contributed by atoms with Crippen molar-refractivity contribution in [3.63, 3.8) is 0 Å². The van der Waals surface area contributed by atoms with Gasteiger partial charge >= 0.3 is 0 Å². The van der Waals surface area contributed by atoms with Gasteiger partial charge < -0.3 is 10.1 Å². The van der Waals surface area contributed by atoms with E-state index in [9.17, 15) is 0 Å². The smallest absolute Gasteiger partial charge is 0.122 e. The van der Waals surface area contributed by atoms with E-state index in [1.807, 2.05) is 0 Å². The number of fused-ring (bicyclic) bond motifs is 1. The summed E-state index contributed by atoms with van der Waals surface area (Å²) >= 11 is 0. The molecular weight excluding hydrogens is 198 g/mol. The Morgan fingerprint density at radius 2 is 2.25 bits per heavy atom. The van der Waals surface area contributed by atoms with Gasteiger partial charge in [0.25, 0.3) is 0 Å². The Morgan fingerprint density at radius 3 is 3.12 bits per heavy atom. The molecule has 0 fully saturated rings. The molecule has 0 aliphatic carbocycles. The van der Waals surface area contributed by atoms with Crippen molar-refractivity contribution < 1.29 is 4.74 Å². The van der Waals surface area contributed by atoms with E-state index < -0.39 is 0 Å². The minimum atomic E-state index is 0.858. The van der Waals surface area contributed by atoms with Crippen LogP contribution < -0.4 is 10.1 Å². The number of ether oxygens (including phenoxy) is 1. The molecule has 0 saturated heterocycles. The first-order valence-corrected chi connectivity index (χ1v) is 6.35. The van der Waals surface area contributed by atoms with E-state index in [1.165, 1.54) is 30.4 Å². The zero-order chi connectivity index (χ0) is 11.2. The average molecular weight is 219 g/mol. The Morgan fingerprint density at radius 1 is 1.31 bits per heavy atom. The summed E-state index contributed by atoms with van der Waals surface area (Å²) in [6, 6.07) is 6.63. The second-order valence-corrected chi connectivity index (χ2v) is 4.39. The molecule has 16 heavy (non-hydrogen) atoms. The Balaban J connectivity index is 1.77. The molecule has 1 N–H and O–H groups in total. The number of rotatable bonds is 6. The molecule has 0 unspecified atom stereocenters. The number of benzene rings is 1. The summed E-state index contributed by atoms with van der Waals surface area (Å²) in [4.78, 5) is 0. The molecule has 1 heterocycles. The third kappa shape index (κ3) is 2.99. The first kappa shape index (κ1) is 11.5. The van der Waals surface area contributed by atoms with E-state index in [4.69, 9.17) is 4.74 Å². The van der Waals surface area contributed by atoms with Crippen LogP contribution in [0, 0.1) is 0 Å². The third-order valence-electron chi connectivity index (χ3n) is 3.00. The second-order valence-electron chi connectivity index (χ2n) is 4.39. The third-order valence-corrected chi connectivity index (χ3v) is 3.00. The fraction of sp³-hybridized carbons (Fsp3) is 0.571. The normalized spacial score (nSPS) is 13.6. The number of hydrogen-bond donors (Lipinski definition) is 1. The van der Waals surface area contributed by atoms with Gasteiger partial charge in [-0.15, -0.1) is 0 Å². The lowest BCUT2D eigenvalue weighted by molar-refractivity contribution is 0.357. The van der Waals surface area contributed by atoms with Crippen LogP contribution in [0.2, 0.25) is 0 Å². The van der Waals surface area contributed by atoms with E-state index in [2.05, 4.69) is 30.4 Å². The molecule has 2 nitrogen and oxygen atoms in total. The van der Waals surface area contributed by atoms with E-state index in [0.717, 1.165) is 31.9 Å². The molecule has 88 valence electrons. The monoisotopic (exact) mass is 219 g/mol. The molecule has 1 aromatic rings. The Labute approximate surface area is 98.0 Å². The van der Waals surface area contributed by atoms with Crippen molar-refractivity contribution in [1.82, 2.24) is 5.32 Å². The Kier molecular flexibility index (Phi) is 4.23. The van der Waals surface area contributed by atoms with Crippen LogP contribution in [0.25, 0.3) is 0 Å². The molecule has 2 heteroatoms. The first-order valence-electron chi connectivity index (χ1n) is 6.35. The largest absolute Gasteiger partial charge is 0.493 e. The fourth-order valence-corrected chi connectivity index (χ4v) is 2.11. The van der Waals surface area contributed by atoms with Crippen molar-refractivity contribution in [3.05, 3.63) is 29.3 Å². The summed E-state index contributed by atoms with van der Waals surface area (Å²) in [5, 5.41) is 3.43. The second kappa shape index (κ2) is 5.90. The highest BCUT2D eigenvalue weighted by molar-refractivity contribution is 5.39. The van der Waals surface area contributed by atoms with E-state index in [0.29, 0.717) is 0 Å². The minimum Gasteiger partial charge on any atom is -0.493 e. The van der Waals surface area contributed by atoms with Crippen molar-refractivity contribution >= 4 is 0 Å². The van der Waals surface area contributed by atoms with Crippen LogP contribution in [0.15, 0.2) is 18.2 Å². The van der Waals surface area contributed by atoms with Gasteiger partial charge in [-0.3, -0.25) is 0 Å². The van der Waals surface area contributed by atoms with Crippen LogP contribution in [-0.2, 0) is 12.8 Å². The summed E-state index contributed by atoms with van der Waals surface area (Å²) in [6.07, 6.45) is 4.69. The lowest BCUT2D eigenvalue weighted by Gasteiger charge is -2.05. The Hall–Kier alpha value is -1.02. The molecule has 0 spiro atoms. The minimum absolute atomic E-state index is 0.858. The predicted octanol–water partition coefficient (Wildman–Crippen LogP) is 2.55. The van der Waals surface area contributed by atoms with Crippen molar-refractivity contribution in [1.29, 1.82) is 0 Å². The quantitative estimate of drug-likeness (QED) is 0.742. The molecule has 1 aliphatic heterocycles. The Bertz CT molecular complexity index is 336. The molecular formula is C14H21NO. The zero-order valence-corrected chi connectivity index (χ0v) is 10.1.